The highest BCUT2D eigenvalue weighted by atomic mass is 35.5. The first kappa shape index (κ1) is 20.3. The van der Waals surface area contributed by atoms with Gasteiger partial charge in [0.2, 0.25) is 10.0 Å². The van der Waals surface area contributed by atoms with Gasteiger partial charge in [0, 0.05) is 16.1 Å². The number of hydrogen-bond donors (Lipinski definition) is 1. The maximum absolute atomic E-state index is 12.2. The Labute approximate surface area is 160 Å². The van der Waals surface area contributed by atoms with Gasteiger partial charge in [0.05, 0.1) is 18.5 Å². The number of rotatable bonds is 5. The van der Waals surface area contributed by atoms with Crippen molar-refractivity contribution in [3.05, 3.63) is 64.7 Å². The Morgan fingerprint density at radius 2 is 1.58 bits per heavy atom. The molecule has 0 aliphatic carbocycles. The fourth-order valence-electron chi connectivity index (χ4n) is 2.35. The molecule has 0 aromatic heterocycles. The Morgan fingerprint density at radius 3 is 2.04 bits per heavy atom. The molecule has 5 nitrogen and oxygen atoms in total. The molecule has 140 valence electrons. The second-order valence-electron chi connectivity index (χ2n) is 7.15. The molecule has 0 atom stereocenters. The lowest BCUT2D eigenvalue weighted by Gasteiger charge is -2.23. The van der Waals surface area contributed by atoms with E-state index in [0.717, 1.165) is 11.8 Å². The van der Waals surface area contributed by atoms with E-state index in [4.69, 9.17) is 11.6 Å². The van der Waals surface area contributed by atoms with Crippen molar-refractivity contribution in [2.75, 3.05) is 10.6 Å². The van der Waals surface area contributed by atoms with Crippen LogP contribution in [0.3, 0.4) is 0 Å². The van der Waals surface area contributed by atoms with Gasteiger partial charge in [-0.2, -0.15) is 0 Å². The maximum Gasteiger partial charge on any atom is 0.251 e. The number of anilines is 1. The fourth-order valence-corrected chi connectivity index (χ4v) is 3.36. The molecule has 0 aliphatic heterocycles. The number of halogens is 1. The summed E-state index contributed by atoms with van der Waals surface area (Å²) in [5, 5.41) is 3.47. The van der Waals surface area contributed by atoms with Crippen LogP contribution < -0.4 is 9.62 Å². The zero-order valence-corrected chi connectivity index (χ0v) is 16.9. The van der Waals surface area contributed by atoms with E-state index in [2.05, 4.69) is 5.32 Å². The summed E-state index contributed by atoms with van der Waals surface area (Å²) in [7, 11) is -3.49. The third-order valence-corrected chi connectivity index (χ3v) is 4.94. The molecule has 2 aromatic rings. The first-order valence-electron chi connectivity index (χ1n) is 8.10. The average Bonchev–Trinajstić information content (AvgIpc) is 2.52. The molecule has 1 N–H and O–H groups in total. The number of carbonyl (C=O) groups excluding carboxylic acids is 1. The summed E-state index contributed by atoms with van der Waals surface area (Å²) < 4.78 is 25.8. The highest BCUT2D eigenvalue weighted by molar-refractivity contribution is 7.92. The van der Waals surface area contributed by atoms with Crippen molar-refractivity contribution < 1.29 is 13.2 Å². The van der Waals surface area contributed by atoms with Crippen LogP contribution in [0.1, 0.15) is 36.7 Å². The normalized spacial score (nSPS) is 11.9. The van der Waals surface area contributed by atoms with E-state index in [1.165, 1.54) is 4.31 Å². The van der Waals surface area contributed by atoms with Crippen LogP contribution in [0, 0.1) is 0 Å². The van der Waals surface area contributed by atoms with Gasteiger partial charge >= 0.3 is 0 Å². The van der Waals surface area contributed by atoms with Gasteiger partial charge in [-0.25, -0.2) is 8.42 Å². The predicted molar refractivity (Wildman–Crippen MR) is 106 cm³/mol. The van der Waals surface area contributed by atoms with Crippen molar-refractivity contribution in [1.82, 2.24) is 5.32 Å². The third-order valence-electron chi connectivity index (χ3n) is 3.55. The second kappa shape index (κ2) is 7.68. The summed E-state index contributed by atoms with van der Waals surface area (Å²) in [5.74, 6) is -0.201. The number of benzene rings is 2. The number of nitrogens with zero attached hydrogens (tertiary/aromatic N) is 1. The molecule has 0 aliphatic rings. The quantitative estimate of drug-likeness (QED) is 0.837. The van der Waals surface area contributed by atoms with E-state index in [1.54, 1.807) is 48.5 Å². The summed E-state index contributed by atoms with van der Waals surface area (Å²) in [4.78, 5) is 12.2. The van der Waals surface area contributed by atoms with Crippen molar-refractivity contribution in [2.45, 2.75) is 32.9 Å². The maximum atomic E-state index is 12.2. The molecule has 0 saturated carbocycles. The number of carbonyl (C=O) groups is 1. The van der Waals surface area contributed by atoms with Crippen LogP contribution in [-0.2, 0) is 16.6 Å². The highest BCUT2D eigenvalue weighted by Gasteiger charge is 2.19. The molecule has 0 spiro atoms. The number of sulfonamides is 1. The Morgan fingerprint density at radius 1 is 1.04 bits per heavy atom. The summed E-state index contributed by atoms with van der Waals surface area (Å²) in [6, 6.07) is 13.5. The average molecular weight is 395 g/mol. The SMILES string of the molecule is CC(C)(C)NC(=O)c1ccc(N(Cc2ccc(Cl)cc2)S(C)(=O)=O)cc1. The Bertz CT molecular complexity index is 870. The Hall–Kier alpha value is -2.05. The Balaban J connectivity index is 2.26. The lowest BCUT2D eigenvalue weighted by atomic mass is 10.1. The predicted octanol–water partition coefficient (Wildman–Crippen LogP) is 3.83. The van der Waals surface area contributed by atoms with Gasteiger partial charge in [0.1, 0.15) is 0 Å². The standard InChI is InChI=1S/C19H23ClN2O3S/c1-19(2,3)21-18(23)15-7-11-17(12-8-15)22(26(4,24)25)13-14-5-9-16(20)10-6-14/h5-12H,13H2,1-4H3,(H,21,23). The van der Waals surface area contributed by atoms with E-state index >= 15 is 0 Å². The zero-order valence-electron chi connectivity index (χ0n) is 15.3. The molecule has 1 amide bonds. The lowest BCUT2D eigenvalue weighted by molar-refractivity contribution is 0.0919. The van der Waals surface area contributed by atoms with Crippen molar-refractivity contribution in [3.8, 4) is 0 Å². The summed E-state index contributed by atoms with van der Waals surface area (Å²) >= 11 is 5.88. The van der Waals surface area contributed by atoms with E-state index in [9.17, 15) is 13.2 Å². The summed E-state index contributed by atoms with van der Waals surface area (Å²) in [5.41, 5.74) is 1.44. The highest BCUT2D eigenvalue weighted by Crippen LogP contribution is 2.22. The number of amides is 1. The molecule has 0 bridgehead atoms. The van der Waals surface area contributed by atoms with Crippen LogP contribution in [0.5, 0.6) is 0 Å². The summed E-state index contributed by atoms with van der Waals surface area (Å²) in [6.45, 7) is 5.88. The van der Waals surface area contributed by atoms with Crippen molar-refractivity contribution in [2.24, 2.45) is 0 Å². The lowest BCUT2D eigenvalue weighted by Crippen LogP contribution is -2.40. The van der Waals surface area contributed by atoms with Gasteiger partial charge in [0.25, 0.3) is 5.91 Å². The first-order chi connectivity index (χ1) is 12.0. The van der Waals surface area contributed by atoms with Crippen LogP contribution in [0.4, 0.5) is 5.69 Å². The molecular weight excluding hydrogens is 372 g/mol. The topological polar surface area (TPSA) is 66.5 Å². The molecule has 0 heterocycles. The molecule has 0 saturated heterocycles. The third kappa shape index (κ3) is 5.75. The van der Waals surface area contributed by atoms with Gasteiger partial charge in [-0.05, 0) is 62.7 Å². The number of nitrogens with one attached hydrogen (secondary N) is 1. The smallest absolute Gasteiger partial charge is 0.251 e. The van der Waals surface area contributed by atoms with E-state index in [0.29, 0.717) is 16.3 Å². The van der Waals surface area contributed by atoms with E-state index < -0.39 is 10.0 Å². The molecule has 7 heteroatoms. The van der Waals surface area contributed by atoms with Crippen molar-refractivity contribution in [1.29, 1.82) is 0 Å². The Kier molecular flexibility index (Phi) is 5.98. The van der Waals surface area contributed by atoms with Crippen molar-refractivity contribution in [3.63, 3.8) is 0 Å². The van der Waals surface area contributed by atoms with E-state index in [-0.39, 0.29) is 18.0 Å². The molecule has 2 aromatic carbocycles. The second-order valence-corrected chi connectivity index (χ2v) is 9.49. The minimum Gasteiger partial charge on any atom is -0.347 e. The number of hydrogen-bond acceptors (Lipinski definition) is 3. The molecular formula is C19H23ClN2O3S. The molecule has 0 unspecified atom stereocenters. The van der Waals surface area contributed by atoms with Crippen LogP contribution in [0.15, 0.2) is 48.5 Å². The zero-order chi connectivity index (χ0) is 19.5. The van der Waals surface area contributed by atoms with Crippen LogP contribution in [0.2, 0.25) is 5.02 Å². The fraction of sp³-hybridized carbons (Fsp3) is 0.316. The molecule has 2 rings (SSSR count). The van der Waals surface area contributed by atoms with Gasteiger partial charge < -0.3 is 5.32 Å². The van der Waals surface area contributed by atoms with Crippen LogP contribution >= 0.6 is 11.6 Å². The molecule has 26 heavy (non-hydrogen) atoms. The van der Waals surface area contributed by atoms with Gasteiger partial charge in [-0.3, -0.25) is 9.10 Å². The van der Waals surface area contributed by atoms with Crippen LogP contribution in [-0.4, -0.2) is 26.1 Å². The minimum absolute atomic E-state index is 0.184. The first-order valence-corrected chi connectivity index (χ1v) is 10.3. The van der Waals surface area contributed by atoms with Crippen LogP contribution in [0.25, 0.3) is 0 Å². The molecule has 0 fully saturated rings. The van der Waals surface area contributed by atoms with Gasteiger partial charge in [-0.1, -0.05) is 23.7 Å². The largest absolute Gasteiger partial charge is 0.347 e. The summed E-state index contributed by atoms with van der Waals surface area (Å²) in [6.07, 6.45) is 1.16. The minimum atomic E-state index is -3.49. The van der Waals surface area contributed by atoms with Crippen molar-refractivity contribution >= 4 is 33.2 Å². The van der Waals surface area contributed by atoms with E-state index in [1.807, 2.05) is 20.8 Å². The molecule has 0 radical (unpaired) electrons. The van der Waals surface area contributed by atoms with Gasteiger partial charge in [0.15, 0.2) is 0 Å². The van der Waals surface area contributed by atoms with Gasteiger partial charge in [-0.15, -0.1) is 0 Å². The monoisotopic (exact) mass is 394 g/mol.